The normalized spacial score (nSPS) is 11.8. The second kappa shape index (κ2) is 4.66. The molecule has 106 valence electrons. The second-order valence-electron chi connectivity index (χ2n) is 4.36. The average molecular weight is 284 g/mol. The van der Waals surface area contributed by atoms with Gasteiger partial charge in [-0.15, -0.1) is 0 Å². The summed E-state index contributed by atoms with van der Waals surface area (Å²) in [5.74, 6) is -2.62. The highest BCUT2D eigenvalue weighted by molar-refractivity contribution is 6.12. The van der Waals surface area contributed by atoms with Crippen molar-refractivity contribution in [2.24, 2.45) is 5.73 Å². The van der Waals surface area contributed by atoms with E-state index in [0.29, 0.717) is 5.52 Å². The number of carbonyl (C=O) groups is 2. The molecule has 20 heavy (non-hydrogen) atoms. The van der Waals surface area contributed by atoms with Gasteiger partial charge in [0, 0.05) is 16.6 Å². The summed E-state index contributed by atoms with van der Waals surface area (Å²) in [6, 6.07) is 6.10. The number of aromatic nitrogens is 1. The van der Waals surface area contributed by atoms with Crippen LogP contribution >= 0.6 is 0 Å². The van der Waals surface area contributed by atoms with Gasteiger partial charge in [-0.25, -0.2) is 0 Å². The molecule has 0 atom stereocenters. The van der Waals surface area contributed by atoms with Crippen LogP contribution in [0.15, 0.2) is 24.3 Å². The molecule has 0 saturated heterocycles. The van der Waals surface area contributed by atoms with E-state index in [1.165, 1.54) is 23.6 Å². The van der Waals surface area contributed by atoms with Crippen molar-refractivity contribution in [3.05, 3.63) is 35.5 Å². The monoisotopic (exact) mass is 284 g/mol. The molecule has 1 amide bonds. The van der Waals surface area contributed by atoms with Gasteiger partial charge in [0.25, 0.3) is 5.78 Å². The van der Waals surface area contributed by atoms with Crippen molar-refractivity contribution in [2.75, 3.05) is 0 Å². The second-order valence-corrected chi connectivity index (χ2v) is 4.36. The number of nitrogens with two attached hydrogens (primary N) is 1. The maximum absolute atomic E-state index is 12.7. The zero-order valence-electron chi connectivity index (χ0n) is 10.5. The van der Waals surface area contributed by atoms with Crippen molar-refractivity contribution >= 4 is 22.6 Å². The van der Waals surface area contributed by atoms with E-state index in [9.17, 15) is 22.8 Å². The lowest BCUT2D eigenvalue weighted by molar-refractivity contribution is -0.118. The minimum atomic E-state index is -4.97. The molecule has 0 aliphatic heterocycles. The third-order valence-corrected chi connectivity index (χ3v) is 3.03. The highest BCUT2D eigenvalue weighted by atomic mass is 19.4. The molecule has 0 radical (unpaired) electrons. The van der Waals surface area contributed by atoms with Crippen LogP contribution in [0.3, 0.4) is 0 Å². The van der Waals surface area contributed by atoms with Crippen LogP contribution in [0.1, 0.15) is 16.1 Å². The third-order valence-electron chi connectivity index (χ3n) is 3.03. The smallest absolute Gasteiger partial charge is 0.368 e. The van der Waals surface area contributed by atoms with Gasteiger partial charge in [-0.05, 0) is 13.0 Å². The number of para-hydroxylation sites is 1. The summed E-state index contributed by atoms with van der Waals surface area (Å²) < 4.78 is 39.3. The molecule has 7 heteroatoms. The first-order valence-corrected chi connectivity index (χ1v) is 5.71. The number of hydrogen-bond donors (Lipinski definition) is 1. The van der Waals surface area contributed by atoms with Gasteiger partial charge >= 0.3 is 6.18 Å². The fourth-order valence-corrected chi connectivity index (χ4v) is 2.22. The molecule has 2 N–H and O–H groups in total. The number of nitrogens with zero attached hydrogens (tertiary/aromatic N) is 1. The van der Waals surface area contributed by atoms with Gasteiger partial charge in [-0.2, -0.15) is 13.2 Å². The fraction of sp³-hybridized carbons (Fsp3) is 0.231. The van der Waals surface area contributed by atoms with Crippen molar-refractivity contribution in [3.63, 3.8) is 0 Å². The summed E-state index contributed by atoms with van der Waals surface area (Å²) in [6.45, 7) is 1.08. The summed E-state index contributed by atoms with van der Waals surface area (Å²) in [7, 11) is 0. The fourth-order valence-electron chi connectivity index (χ4n) is 2.22. The minimum absolute atomic E-state index is 0.0762. The van der Waals surface area contributed by atoms with Gasteiger partial charge in [0.05, 0.1) is 5.56 Å². The maximum Gasteiger partial charge on any atom is 0.454 e. The minimum Gasteiger partial charge on any atom is -0.368 e. The Kier molecular flexibility index (Phi) is 3.29. The molecule has 1 aromatic carbocycles. The molecule has 0 fully saturated rings. The van der Waals surface area contributed by atoms with E-state index >= 15 is 0 Å². The van der Waals surface area contributed by atoms with Crippen LogP contribution in [0.5, 0.6) is 0 Å². The molecule has 0 aliphatic carbocycles. The van der Waals surface area contributed by atoms with Crippen molar-refractivity contribution in [1.29, 1.82) is 0 Å². The number of Topliss-reactive ketones (excluding diaryl/α,β-unsaturated/α-hetero) is 1. The molecule has 0 aliphatic rings. The number of amides is 1. The maximum atomic E-state index is 12.7. The Morgan fingerprint density at radius 1 is 1.25 bits per heavy atom. The highest BCUT2D eigenvalue weighted by Gasteiger charge is 2.42. The Morgan fingerprint density at radius 2 is 1.85 bits per heavy atom. The topological polar surface area (TPSA) is 65.1 Å². The van der Waals surface area contributed by atoms with E-state index in [1.54, 1.807) is 12.1 Å². The van der Waals surface area contributed by atoms with E-state index < -0.39 is 23.4 Å². The van der Waals surface area contributed by atoms with Crippen molar-refractivity contribution < 1.29 is 22.8 Å². The van der Waals surface area contributed by atoms with Gasteiger partial charge in [0.1, 0.15) is 6.54 Å². The lowest BCUT2D eigenvalue weighted by Gasteiger charge is -2.07. The van der Waals surface area contributed by atoms with E-state index in [1.807, 2.05) is 0 Å². The predicted octanol–water partition coefficient (Wildman–Crippen LogP) is 2.18. The number of hydrogen-bond acceptors (Lipinski definition) is 2. The summed E-state index contributed by atoms with van der Waals surface area (Å²) in [4.78, 5) is 22.6. The van der Waals surface area contributed by atoms with Crippen molar-refractivity contribution in [2.45, 2.75) is 19.6 Å². The molecule has 1 heterocycles. The Bertz CT molecular complexity index is 701. The zero-order chi connectivity index (χ0) is 15.1. The van der Waals surface area contributed by atoms with Gasteiger partial charge in [0.2, 0.25) is 5.91 Å². The molecular formula is C13H11F3N2O2. The first kappa shape index (κ1) is 14.1. The lowest BCUT2D eigenvalue weighted by atomic mass is 10.1. The molecule has 0 unspecified atom stereocenters. The molecule has 4 nitrogen and oxygen atoms in total. The molecule has 0 bridgehead atoms. The summed E-state index contributed by atoms with van der Waals surface area (Å²) in [5.41, 5.74) is 5.10. The summed E-state index contributed by atoms with van der Waals surface area (Å²) in [5, 5.41) is 0.161. The van der Waals surface area contributed by atoms with Crippen molar-refractivity contribution in [1.82, 2.24) is 4.57 Å². The predicted molar refractivity (Wildman–Crippen MR) is 66.3 cm³/mol. The van der Waals surface area contributed by atoms with E-state index in [2.05, 4.69) is 0 Å². The number of rotatable bonds is 3. The highest BCUT2D eigenvalue weighted by Crippen LogP contribution is 2.31. The molecule has 0 saturated carbocycles. The van der Waals surface area contributed by atoms with Gasteiger partial charge in [-0.1, -0.05) is 18.2 Å². The first-order chi connectivity index (χ1) is 9.23. The molecule has 2 rings (SSSR count). The van der Waals surface area contributed by atoms with Crippen LogP contribution < -0.4 is 5.73 Å². The van der Waals surface area contributed by atoms with Gasteiger partial charge in [-0.3, -0.25) is 9.59 Å². The number of carbonyl (C=O) groups excluding carboxylic acids is 2. The largest absolute Gasteiger partial charge is 0.454 e. The number of alkyl halides is 3. The number of fused-ring (bicyclic) bond motifs is 1. The molecular weight excluding hydrogens is 273 g/mol. The summed E-state index contributed by atoms with van der Waals surface area (Å²) >= 11 is 0. The number of halogens is 3. The molecule has 1 aromatic heterocycles. The average Bonchev–Trinajstić information content (AvgIpc) is 2.60. The standard InChI is InChI=1S/C13H11F3N2O2/c1-7-11(12(20)13(14,15)16)8-4-2-3-5-9(8)18(7)6-10(17)19/h2-5H,6H2,1H3,(H2,17,19). The molecule has 2 aromatic rings. The number of ketones is 1. The van der Waals surface area contributed by atoms with E-state index in [-0.39, 0.29) is 17.6 Å². The van der Waals surface area contributed by atoms with Crippen LogP contribution in [0.25, 0.3) is 10.9 Å². The Labute approximate surface area is 112 Å². The van der Waals surface area contributed by atoms with E-state index in [4.69, 9.17) is 5.73 Å². The van der Waals surface area contributed by atoms with Crippen LogP contribution in [0, 0.1) is 6.92 Å². The van der Waals surface area contributed by atoms with Gasteiger partial charge < -0.3 is 10.3 Å². The number of benzene rings is 1. The Hall–Kier alpha value is -2.31. The molecule has 0 spiro atoms. The quantitative estimate of drug-likeness (QED) is 0.878. The first-order valence-electron chi connectivity index (χ1n) is 5.71. The SMILES string of the molecule is Cc1c(C(=O)C(F)(F)F)c2ccccc2n1CC(N)=O. The Morgan fingerprint density at radius 3 is 2.40 bits per heavy atom. The summed E-state index contributed by atoms with van der Waals surface area (Å²) in [6.07, 6.45) is -4.97. The van der Waals surface area contributed by atoms with Crippen LogP contribution in [-0.4, -0.2) is 22.4 Å². The van der Waals surface area contributed by atoms with Crippen molar-refractivity contribution in [3.8, 4) is 0 Å². The Balaban J connectivity index is 2.75. The third kappa shape index (κ3) is 2.26. The van der Waals surface area contributed by atoms with Crippen LogP contribution in [0.2, 0.25) is 0 Å². The van der Waals surface area contributed by atoms with Gasteiger partial charge in [0.15, 0.2) is 0 Å². The van der Waals surface area contributed by atoms with E-state index in [0.717, 1.165) is 0 Å². The lowest BCUT2D eigenvalue weighted by Crippen LogP contribution is -2.24. The van der Waals surface area contributed by atoms with Crippen LogP contribution in [0.4, 0.5) is 13.2 Å². The zero-order valence-corrected chi connectivity index (χ0v) is 10.5. The van der Waals surface area contributed by atoms with Crippen LogP contribution in [-0.2, 0) is 11.3 Å². The number of primary amides is 1.